The van der Waals surface area contributed by atoms with Crippen molar-refractivity contribution in [1.29, 1.82) is 0 Å². The van der Waals surface area contributed by atoms with Crippen LogP contribution in [-0.2, 0) is 16.0 Å². The summed E-state index contributed by atoms with van der Waals surface area (Å²) in [6.45, 7) is 3.38. The number of aliphatic hydroxyl groups excluding tert-OH is 1. The van der Waals surface area contributed by atoms with Crippen LogP contribution in [0, 0.1) is 6.92 Å². The number of amides is 1. The molecule has 0 bridgehead atoms. The van der Waals surface area contributed by atoms with E-state index in [1.807, 2.05) is 6.92 Å². The lowest BCUT2D eigenvalue weighted by Gasteiger charge is -2.11. The van der Waals surface area contributed by atoms with Crippen molar-refractivity contribution in [3.63, 3.8) is 0 Å². The van der Waals surface area contributed by atoms with Gasteiger partial charge in [-0.3, -0.25) is 4.79 Å². The number of aryl methyl sites for hydroxylation is 2. The standard InChI is InChI=1S/C12H17N3O4/c1-4-9-8(5-7(2)14-15-9)11(17)13-6-10(16)12(18)19-3/h5,10,16H,4,6H2,1-3H3,(H,13,17). The summed E-state index contributed by atoms with van der Waals surface area (Å²) < 4.78 is 4.35. The number of nitrogens with one attached hydrogen (secondary N) is 1. The second-order valence-corrected chi connectivity index (χ2v) is 3.95. The Balaban J connectivity index is 2.73. The fourth-order valence-electron chi connectivity index (χ4n) is 1.48. The number of ether oxygens (including phenoxy) is 1. The van der Waals surface area contributed by atoms with E-state index in [1.54, 1.807) is 13.0 Å². The van der Waals surface area contributed by atoms with E-state index >= 15 is 0 Å². The molecule has 0 radical (unpaired) electrons. The van der Waals surface area contributed by atoms with Gasteiger partial charge in [-0.05, 0) is 19.4 Å². The average Bonchev–Trinajstić information content (AvgIpc) is 2.43. The van der Waals surface area contributed by atoms with Crippen LogP contribution < -0.4 is 5.32 Å². The van der Waals surface area contributed by atoms with E-state index in [-0.39, 0.29) is 6.54 Å². The maximum atomic E-state index is 11.9. The van der Waals surface area contributed by atoms with Crippen LogP contribution in [0.15, 0.2) is 6.07 Å². The molecule has 7 heteroatoms. The number of rotatable bonds is 5. The Morgan fingerprint density at radius 1 is 1.47 bits per heavy atom. The van der Waals surface area contributed by atoms with Crippen molar-refractivity contribution in [2.45, 2.75) is 26.4 Å². The molecule has 19 heavy (non-hydrogen) atoms. The van der Waals surface area contributed by atoms with Crippen LogP contribution in [-0.4, -0.2) is 46.9 Å². The minimum Gasteiger partial charge on any atom is -0.467 e. The largest absolute Gasteiger partial charge is 0.467 e. The Bertz CT molecular complexity index is 476. The Labute approximate surface area is 111 Å². The smallest absolute Gasteiger partial charge is 0.336 e. The van der Waals surface area contributed by atoms with Gasteiger partial charge in [-0.15, -0.1) is 0 Å². The predicted molar refractivity (Wildman–Crippen MR) is 66.5 cm³/mol. The normalized spacial score (nSPS) is 11.8. The average molecular weight is 267 g/mol. The quantitative estimate of drug-likeness (QED) is 0.705. The second kappa shape index (κ2) is 6.79. The number of nitrogens with zero attached hydrogens (tertiary/aromatic N) is 2. The van der Waals surface area contributed by atoms with Gasteiger partial charge >= 0.3 is 5.97 Å². The van der Waals surface area contributed by atoms with E-state index in [1.165, 1.54) is 7.11 Å². The van der Waals surface area contributed by atoms with Gasteiger partial charge in [-0.2, -0.15) is 10.2 Å². The van der Waals surface area contributed by atoms with Gasteiger partial charge in [0, 0.05) is 0 Å². The van der Waals surface area contributed by atoms with Crippen LogP contribution >= 0.6 is 0 Å². The molecule has 1 atom stereocenters. The molecule has 1 aromatic rings. The number of hydrogen-bond donors (Lipinski definition) is 2. The molecule has 1 heterocycles. The number of carbonyl (C=O) groups is 2. The third-order valence-corrected chi connectivity index (χ3v) is 2.50. The number of hydrogen-bond acceptors (Lipinski definition) is 6. The Morgan fingerprint density at radius 3 is 2.74 bits per heavy atom. The third kappa shape index (κ3) is 3.99. The monoisotopic (exact) mass is 267 g/mol. The van der Waals surface area contributed by atoms with Crippen LogP contribution in [0.4, 0.5) is 0 Å². The Hall–Kier alpha value is -2.02. The topological polar surface area (TPSA) is 101 Å². The molecule has 0 aromatic carbocycles. The van der Waals surface area contributed by atoms with Gasteiger partial charge in [0.05, 0.1) is 30.6 Å². The molecule has 1 rings (SSSR count). The van der Waals surface area contributed by atoms with E-state index in [2.05, 4.69) is 20.3 Å². The van der Waals surface area contributed by atoms with Gasteiger partial charge in [0.15, 0.2) is 6.10 Å². The van der Waals surface area contributed by atoms with Crippen molar-refractivity contribution in [2.75, 3.05) is 13.7 Å². The maximum Gasteiger partial charge on any atom is 0.336 e. The van der Waals surface area contributed by atoms with E-state index in [4.69, 9.17) is 0 Å². The van der Waals surface area contributed by atoms with Crippen molar-refractivity contribution in [2.24, 2.45) is 0 Å². The molecule has 0 fully saturated rings. The van der Waals surface area contributed by atoms with Crippen molar-refractivity contribution < 1.29 is 19.4 Å². The first-order valence-corrected chi connectivity index (χ1v) is 5.86. The van der Waals surface area contributed by atoms with Gasteiger partial charge in [0.1, 0.15) is 0 Å². The molecule has 0 aliphatic heterocycles. The molecule has 0 spiro atoms. The minimum atomic E-state index is -1.38. The highest BCUT2D eigenvalue weighted by atomic mass is 16.5. The third-order valence-electron chi connectivity index (χ3n) is 2.50. The van der Waals surface area contributed by atoms with Gasteiger partial charge in [-0.25, -0.2) is 4.79 Å². The van der Waals surface area contributed by atoms with E-state index in [0.717, 1.165) is 0 Å². The van der Waals surface area contributed by atoms with Crippen molar-refractivity contribution in [1.82, 2.24) is 15.5 Å². The molecule has 1 unspecified atom stereocenters. The van der Waals surface area contributed by atoms with E-state index in [9.17, 15) is 14.7 Å². The summed E-state index contributed by atoms with van der Waals surface area (Å²) >= 11 is 0. The van der Waals surface area contributed by atoms with Crippen molar-refractivity contribution >= 4 is 11.9 Å². The lowest BCUT2D eigenvalue weighted by Crippen LogP contribution is -2.37. The SMILES string of the molecule is CCc1nnc(C)cc1C(=O)NCC(O)C(=O)OC. The number of esters is 1. The summed E-state index contributed by atoms with van der Waals surface area (Å²) in [5, 5.41) is 19.6. The summed E-state index contributed by atoms with van der Waals surface area (Å²) in [5.41, 5.74) is 1.58. The molecule has 2 N–H and O–H groups in total. The fraction of sp³-hybridized carbons (Fsp3) is 0.500. The predicted octanol–water partition coefficient (Wildman–Crippen LogP) is -0.389. The van der Waals surface area contributed by atoms with Crippen LogP contribution in [0.2, 0.25) is 0 Å². The van der Waals surface area contributed by atoms with Crippen LogP contribution in [0.1, 0.15) is 28.7 Å². The first-order valence-electron chi connectivity index (χ1n) is 5.86. The van der Waals surface area contributed by atoms with Crippen molar-refractivity contribution in [3.05, 3.63) is 23.0 Å². The summed E-state index contributed by atoms with van der Waals surface area (Å²) in [7, 11) is 1.17. The summed E-state index contributed by atoms with van der Waals surface area (Å²) in [6, 6.07) is 1.62. The molecular weight excluding hydrogens is 250 g/mol. The van der Waals surface area contributed by atoms with E-state index in [0.29, 0.717) is 23.4 Å². The number of aliphatic hydroxyl groups is 1. The first kappa shape index (κ1) is 15.0. The Morgan fingerprint density at radius 2 is 2.16 bits per heavy atom. The summed E-state index contributed by atoms with van der Waals surface area (Å²) in [4.78, 5) is 22.9. The fourth-order valence-corrected chi connectivity index (χ4v) is 1.48. The number of methoxy groups -OCH3 is 1. The zero-order valence-electron chi connectivity index (χ0n) is 11.1. The van der Waals surface area contributed by atoms with E-state index < -0.39 is 18.0 Å². The zero-order valence-corrected chi connectivity index (χ0v) is 11.1. The lowest BCUT2D eigenvalue weighted by atomic mass is 10.1. The highest BCUT2D eigenvalue weighted by Gasteiger charge is 2.18. The molecule has 0 aliphatic carbocycles. The summed E-state index contributed by atoms with van der Waals surface area (Å²) in [6.07, 6.45) is -0.815. The molecule has 0 saturated carbocycles. The molecule has 104 valence electrons. The first-order chi connectivity index (χ1) is 8.99. The van der Waals surface area contributed by atoms with Gasteiger partial charge in [-0.1, -0.05) is 6.92 Å². The van der Waals surface area contributed by atoms with Gasteiger partial charge < -0.3 is 15.2 Å². The lowest BCUT2D eigenvalue weighted by molar-refractivity contribution is -0.149. The van der Waals surface area contributed by atoms with Crippen LogP contribution in [0.5, 0.6) is 0 Å². The molecular formula is C12H17N3O4. The minimum absolute atomic E-state index is 0.212. The van der Waals surface area contributed by atoms with Crippen LogP contribution in [0.3, 0.4) is 0 Å². The molecule has 0 saturated heterocycles. The zero-order chi connectivity index (χ0) is 14.4. The molecule has 7 nitrogen and oxygen atoms in total. The van der Waals surface area contributed by atoms with Gasteiger partial charge in [0.25, 0.3) is 5.91 Å². The number of carbonyl (C=O) groups excluding carboxylic acids is 2. The maximum absolute atomic E-state index is 11.9. The highest BCUT2D eigenvalue weighted by Crippen LogP contribution is 2.07. The summed E-state index contributed by atoms with van der Waals surface area (Å²) in [5.74, 6) is -1.20. The molecule has 1 amide bonds. The van der Waals surface area contributed by atoms with Crippen molar-refractivity contribution in [3.8, 4) is 0 Å². The Kier molecular flexibility index (Phi) is 5.37. The number of aromatic nitrogens is 2. The second-order valence-electron chi connectivity index (χ2n) is 3.95. The molecule has 1 aromatic heterocycles. The van der Waals surface area contributed by atoms with Gasteiger partial charge in [0.2, 0.25) is 0 Å². The highest BCUT2D eigenvalue weighted by molar-refractivity contribution is 5.95. The van der Waals surface area contributed by atoms with Crippen LogP contribution in [0.25, 0.3) is 0 Å². The molecule has 0 aliphatic rings.